The lowest BCUT2D eigenvalue weighted by Gasteiger charge is -2.26. The Bertz CT molecular complexity index is 2740. The topological polar surface area (TPSA) is 194 Å². The second-order valence-corrected chi connectivity index (χ2v) is 21.0. The van der Waals surface area contributed by atoms with E-state index >= 15 is 0 Å². The largest absolute Gasteiger partial charge is 0.385 e. The van der Waals surface area contributed by atoms with Crippen molar-refractivity contribution in [2.75, 3.05) is 59.6 Å². The normalized spacial score (nSPS) is 18.4. The molecule has 0 bridgehead atoms. The molecule has 0 amide bonds. The van der Waals surface area contributed by atoms with Crippen molar-refractivity contribution in [3.8, 4) is 0 Å². The zero-order chi connectivity index (χ0) is 48.2. The number of hydrogen-bond acceptors (Lipinski definition) is 12. The van der Waals surface area contributed by atoms with Gasteiger partial charge in [0, 0.05) is 89.4 Å². The van der Waals surface area contributed by atoms with E-state index in [4.69, 9.17) is 10.5 Å². The van der Waals surface area contributed by atoms with Gasteiger partial charge in [-0.3, -0.25) is 14.4 Å². The minimum Gasteiger partial charge on any atom is -0.385 e. The lowest BCUT2D eigenvalue weighted by molar-refractivity contribution is -0.425. The molecule has 0 saturated carbocycles. The van der Waals surface area contributed by atoms with Gasteiger partial charge in [0.2, 0.25) is 25.7 Å². The Morgan fingerprint density at radius 3 is 2.03 bits per heavy atom. The van der Waals surface area contributed by atoms with Crippen LogP contribution in [0.2, 0.25) is 0 Å². The van der Waals surface area contributed by atoms with Crippen LogP contribution in [-0.2, 0) is 40.7 Å². The molecule has 4 aliphatic rings. The van der Waals surface area contributed by atoms with Crippen molar-refractivity contribution < 1.29 is 41.7 Å². The summed E-state index contributed by atoms with van der Waals surface area (Å²) in [5.41, 5.74) is 9.37. The SMILES string of the molecule is C1=C(c2ccc(C3=NCCCN3)cc2)NCCC1.CC1(C)C(/C=C/C=C/C=C/C=C2\N(C/C=C/OO)c3ccc(NS(C)(=O)=O)cc3C2(C)C)=[N+](C/C=C\OO)c2ccc(NS(C)(=O)=O)cc21. The van der Waals surface area contributed by atoms with E-state index < -0.39 is 30.9 Å². The van der Waals surface area contributed by atoms with Gasteiger partial charge < -0.3 is 25.3 Å². The average Bonchev–Trinajstić information content (AvgIpc) is 3.63. The van der Waals surface area contributed by atoms with Crippen LogP contribution in [0.5, 0.6) is 0 Å². The summed E-state index contributed by atoms with van der Waals surface area (Å²) >= 11 is 0. The molecule has 0 aliphatic carbocycles. The molecule has 0 spiro atoms. The number of nitrogens with one attached hydrogen (secondary N) is 4. The van der Waals surface area contributed by atoms with Crippen LogP contribution in [0.4, 0.5) is 22.7 Å². The molecular formula is C50H62N7O8S2+. The fraction of sp³-hybridized carbons (Fsp3) is 0.320. The molecule has 0 fully saturated rings. The molecule has 4 heterocycles. The molecule has 67 heavy (non-hydrogen) atoms. The number of allylic oxidation sites excluding steroid dienone is 9. The van der Waals surface area contributed by atoms with Crippen LogP contribution in [-0.4, -0.2) is 88.7 Å². The van der Waals surface area contributed by atoms with Gasteiger partial charge in [-0.25, -0.2) is 27.4 Å². The lowest BCUT2D eigenvalue weighted by atomic mass is 9.81. The summed E-state index contributed by atoms with van der Waals surface area (Å²) in [4.78, 5) is 14.8. The van der Waals surface area contributed by atoms with E-state index in [1.165, 1.54) is 42.2 Å². The third kappa shape index (κ3) is 12.9. The van der Waals surface area contributed by atoms with Gasteiger partial charge in [-0.1, -0.05) is 74.6 Å². The highest BCUT2D eigenvalue weighted by atomic mass is 32.2. The van der Waals surface area contributed by atoms with Crippen LogP contribution in [0.1, 0.15) is 69.2 Å². The highest BCUT2D eigenvalue weighted by Gasteiger charge is 2.44. The summed E-state index contributed by atoms with van der Waals surface area (Å²) in [6.45, 7) is 12.1. The van der Waals surface area contributed by atoms with Crippen LogP contribution in [0.15, 0.2) is 145 Å². The second-order valence-electron chi connectivity index (χ2n) is 17.5. The van der Waals surface area contributed by atoms with E-state index in [1.54, 1.807) is 24.3 Å². The molecule has 3 aromatic rings. The van der Waals surface area contributed by atoms with Crippen LogP contribution < -0.4 is 25.0 Å². The van der Waals surface area contributed by atoms with Crippen LogP contribution in [0, 0.1) is 0 Å². The van der Waals surface area contributed by atoms with Crippen molar-refractivity contribution in [2.45, 2.75) is 57.8 Å². The first kappa shape index (κ1) is 50.0. The van der Waals surface area contributed by atoms with Gasteiger partial charge in [0.15, 0.2) is 12.3 Å². The molecule has 0 atom stereocenters. The molecule has 0 aromatic heterocycles. The van der Waals surface area contributed by atoms with E-state index in [0.717, 1.165) is 78.3 Å². The number of hydrogen-bond donors (Lipinski definition) is 6. The first-order valence-electron chi connectivity index (χ1n) is 22.1. The minimum atomic E-state index is -3.45. The zero-order valence-electron chi connectivity index (χ0n) is 38.9. The Morgan fingerprint density at radius 2 is 1.39 bits per heavy atom. The van der Waals surface area contributed by atoms with E-state index in [1.807, 2.05) is 66.8 Å². The van der Waals surface area contributed by atoms with Gasteiger partial charge >= 0.3 is 0 Å². The van der Waals surface area contributed by atoms with Crippen molar-refractivity contribution >= 4 is 60.0 Å². The Labute approximate surface area is 395 Å². The maximum atomic E-state index is 11.9. The number of anilines is 3. The molecule has 0 saturated heterocycles. The molecule has 0 unspecified atom stereocenters. The van der Waals surface area contributed by atoms with Crippen molar-refractivity contribution in [1.29, 1.82) is 0 Å². The maximum absolute atomic E-state index is 11.9. The first-order chi connectivity index (χ1) is 31.9. The Hall–Kier alpha value is -6.40. The van der Waals surface area contributed by atoms with Gasteiger partial charge in [0.05, 0.1) is 17.9 Å². The summed E-state index contributed by atoms with van der Waals surface area (Å²) < 4.78 is 54.6. The molecule has 356 valence electrons. The predicted octanol–water partition coefficient (Wildman–Crippen LogP) is 8.31. The van der Waals surface area contributed by atoms with E-state index in [2.05, 4.69) is 102 Å². The monoisotopic (exact) mass is 952 g/mol. The Morgan fingerprint density at radius 1 is 0.761 bits per heavy atom. The van der Waals surface area contributed by atoms with E-state index in [9.17, 15) is 16.8 Å². The van der Waals surface area contributed by atoms with Crippen LogP contribution >= 0.6 is 0 Å². The third-order valence-corrected chi connectivity index (χ3v) is 12.9. The van der Waals surface area contributed by atoms with Crippen molar-refractivity contribution in [1.82, 2.24) is 10.6 Å². The maximum Gasteiger partial charge on any atom is 0.229 e. The second kappa shape index (κ2) is 21.9. The molecular weight excluding hydrogens is 891 g/mol. The predicted molar refractivity (Wildman–Crippen MR) is 270 cm³/mol. The van der Waals surface area contributed by atoms with Crippen molar-refractivity contribution in [3.63, 3.8) is 0 Å². The molecule has 6 N–H and O–H groups in total. The lowest BCUT2D eigenvalue weighted by Crippen LogP contribution is -2.30. The third-order valence-electron chi connectivity index (χ3n) is 11.6. The Balaban J connectivity index is 0.000000339. The van der Waals surface area contributed by atoms with Crippen LogP contribution in [0.25, 0.3) is 5.70 Å². The van der Waals surface area contributed by atoms with E-state index in [-0.39, 0.29) is 0 Å². The molecule has 7 rings (SSSR count). The number of rotatable bonds is 16. The van der Waals surface area contributed by atoms with E-state index in [0.29, 0.717) is 24.5 Å². The Kier molecular flexibility index (Phi) is 16.4. The van der Waals surface area contributed by atoms with Gasteiger partial charge in [0.1, 0.15) is 18.4 Å². The van der Waals surface area contributed by atoms with Gasteiger partial charge in [-0.15, -0.1) is 0 Å². The smallest absolute Gasteiger partial charge is 0.229 e. The molecule has 4 aliphatic heterocycles. The number of sulfonamides is 2. The summed E-state index contributed by atoms with van der Waals surface area (Å²) in [6, 6.07) is 19.5. The highest BCUT2D eigenvalue weighted by Crippen LogP contribution is 2.49. The first-order valence-corrected chi connectivity index (χ1v) is 25.8. The fourth-order valence-electron chi connectivity index (χ4n) is 8.57. The molecule has 15 nitrogen and oxygen atoms in total. The molecule has 0 radical (unpaired) electrons. The highest BCUT2D eigenvalue weighted by molar-refractivity contribution is 7.92. The number of aliphatic imine (C=N–C) groups is 1. The number of amidine groups is 1. The molecule has 17 heteroatoms. The van der Waals surface area contributed by atoms with Crippen molar-refractivity contribution in [3.05, 3.63) is 162 Å². The summed E-state index contributed by atoms with van der Waals surface area (Å²) in [7, 11) is -6.89. The quantitative estimate of drug-likeness (QED) is 0.0266. The summed E-state index contributed by atoms with van der Waals surface area (Å²) in [5, 5.41) is 24.4. The summed E-state index contributed by atoms with van der Waals surface area (Å²) in [5.74, 6) is 1.04. The minimum absolute atomic E-state index is 0.410. The van der Waals surface area contributed by atoms with Gasteiger partial charge in [-0.05, 0) is 86.7 Å². The standard InChI is InChI=1S/C35H42N4O8S2.C15H19N3/c1-34(2)28-24-26(36-48(5,42)43)16-18-30(28)38(20-12-22-46-40)32(34)14-10-8-7-9-11-15-33-35(3,4)29-25-27(37-49(6,44)45)17-19-31(29)39(33)21-13-23-47-41;1-2-9-16-14(4-1)12-5-7-13(8-6-12)15-17-10-3-11-18-15/h7-19,22-25,36-37H,20-21H2,1-6H3,(H-,40,41);4-8,16H,1-3,9-11H2,(H,17,18)/p+1/b22-12-,23-13+;. The van der Waals surface area contributed by atoms with Crippen LogP contribution in [0.3, 0.4) is 0 Å². The van der Waals surface area contributed by atoms with Gasteiger partial charge in [-0.2, -0.15) is 4.58 Å². The number of nitrogens with zero attached hydrogens (tertiary/aromatic N) is 3. The number of benzene rings is 3. The zero-order valence-corrected chi connectivity index (χ0v) is 40.5. The number of fused-ring (bicyclic) bond motifs is 2. The molecule has 3 aromatic carbocycles. The van der Waals surface area contributed by atoms with Gasteiger partial charge in [0.25, 0.3) is 0 Å². The van der Waals surface area contributed by atoms with Crippen molar-refractivity contribution in [2.24, 2.45) is 4.99 Å². The fourth-order valence-corrected chi connectivity index (χ4v) is 9.68. The summed E-state index contributed by atoms with van der Waals surface area (Å²) in [6.07, 6.45) is 27.3. The average molecular weight is 953 g/mol.